The average Bonchev–Trinajstić information content (AvgIpc) is 3.21. The number of benzene rings is 1. The maximum absolute atomic E-state index is 12.7. The summed E-state index contributed by atoms with van der Waals surface area (Å²) in [7, 11) is 0. The van der Waals surface area contributed by atoms with Gasteiger partial charge in [-0.2, -0.15) is 0 Å². The van der Waals surface area contributed by atoms with Crippen LogP contribution < -0.4 is 4.90 Å². The van der Waals surface area contributed by atoms with Crippen LogP contribution in [-0.4, -0.2) is 23.9 Å². The summed E-state index contributed by atoms with van der Waals surface area (Å²) in [6.07, 6.45) is 4.87. The maximum atomic E-state index is 12.7. The average molecular weight is 325 g/mol. The van der Waals surface area contributed by atoms with Crippen molar-refractivity contribution in [2.45, 2.75) is 26.4 Å². The second kappa shape index (κ2) is 5.30. The number of hydrogen-bond donors (Lipinski definition) is 0. The smallest absolute Gasteiger partial charge is 0.338 e. The largest absolute Gasteiger partial charge is 0.459 e. The molecule has 1 aromatic rings. The summed E-state index contributed by atoms with van der Waals surface area (Å²) < 4.78 is 5.15. The molecule has 124 valence electrons. The van der Waals surface area contributed by atoms with E-state index in [4.69, 9.17) is 4.74 Å². The van der Waals surface area contributed by atoms with Crippen molar-refractivity contribution < 1.29 is 19.1 Å². The summed E-state index contributed by atoms with van der Waals surface area (Å²) >= 11 is 0. The Bertz CT molecular complexity index is 719. The molecule has 4 rings (SSSR count). The van der Waals surface area contributed by atoms with E-state index in [1.807, 2.05) is 0 Å². The van der Waals surface area contributed by atoms with Crippen molar-refractivity contribution >= 4 is 23.5 Å². The summed E-state index contributed by atoms with van der Waals surface area (Å²) in [6.45, 7) is 3.57. The molecule has 2 aliphatic carbocycles. The summed E-state index contributed by atoms with van der Waals surface area (Å²) in [6, 6.07) is 6.48. The number of carbonyl (C=O) groups is 3. The molecule has 2 amide bonds. The Morgan fingerprint density at radius 3 is 2.08 bits per heavy atom. The zero-order valence-corrected chi connectivity index (χ0v) is 13.6. The lowest BCUT2D eigenvalue weighted by atomic mass is 9.85. The normalized spacial score (nSPS) is 30.4. The topological polar surface area (TPSA) is 63.7 Å². The van der Waals surface area contributed by atoms with E-state index in [0.717, 1.165) is 6.42 Å². The van der Waals surface area contributed by atoms with Crippen LogP contribution >= 0.6 is 0 Å². The first kappa shape index (κ1) is 15.1. The SMILES string of the molecule is CC(C)OC(=O)c1ccc(N2C(=O)[C@H]3[C@H](C2=O)[C@H]2C=C[C@H]3C2)cc1. The molecule has 0 N–H and O–H groups in total. The first-order valence-corrected chi connectivity index (χ1v) is 8.34. The number of fused-ring (bicyclic) bond motifs is 5. The van der Waals surface area contributed by atoms with Gasteiger partial charge in [-0.1, -0.05) is 12.2 Å². The highest BCUT2D eigenvalue weighted by Gasteiger charge is 2.59. The van der Waals surface area contributed by atoms with Crippen molar-refractivity contribution in [3.8, 4) is 0 Å². The van der Waals surface area contributed by atoms with Crippen LogP contribution in [0.4, 0.5) is 5.69 Å². The Hall–Kier alpha value is -2.43. The molecule has 1 aliphatic heterocycles. The molecule has 1 saturated heterocycles. The number of ether oxygens (including phenoxy) is 1. The number of allylic oxidation sites excluding steroid dienone is 2. The third kappa shape index (κ3) is 2.11. The van der Waals surface area contributed by atoms with Crippen LogP contribution in [0.15, 0.2) is 36.4 Å². The third-order valence-corrected chi connectivity index (χ3v) is 5.17. The number of carbonyl (C=O) groups excluding carboxylic acids is 3. The molecule has 1 aromatic carbocycles. The number of nitrogens with zero attached hydrogens (tertiary/aromatic N) is 1. The Morgan fingerprint density at radius 2 is 1.58 bits per heavy atom. The van der Waals surface area contributed by atoms with Gasteiger partial charge in [-0.15, -0.1) is 0 Å². The van der Waals surface area contributed by atoms with Crippen LogP contribution in [0.2, 0.25) is 0 Å². The van der Waals surface area contributed by atoms with Crippen molar-refractivity contribution in [3.05, 3.63) is 42.0 Å². The van der Waals surface area contributed by atoms with E-state index in [-0.39, 0.29) is 41.6 Å². The predicted octanol–water partition coefficient (Wildman–Crippen LogP) is 2.56. The van der Waals surface area contributed by atoms with Crippen molar-refractivity contribution in [3.63, 3.8) is 0 Å². The molecule has 24 heavy (non-hydrogen) atoms. The molecule has 5 heteroatoms. The molecule has 1 saturated carbocycles. The van der Waals surface area contributed by atoms with Gasteiger partial charge >= 0.3 is 5.97 Å². The van der Waals surface area contributed by atoms with E-state index in [2.05, 4.69) is 12.2 Å². The Morgan fingerprint density at radius 1 is 1.04 bits per heavy atom. The van der Waals surface area contributed by atoms with Crippen LogP contribution in [0.1, 0.15) is 30.6 Å². The molecule has 3 aliphatic rings. The molecule has 0 spiro atoms. The predicted molar refractivity (Wildman–Crippen MR) is 87.2 cm³/mol. The van der Waals surface area contributed by atoms with Crippen LogP contribution in [-0.2, 0) is 14.3 Å². The van der Waals surface area contributed by atoms with Crippen LogP contribution in [0.5, 0.6) is 0 Å². The molecule has 2 fully saturated rings. The van der Waals surface area contributed by atoms with Gasteiger partial charge in [0.25, 0.3) is 0 Å². The summed E-state index contributed by atoms with van der Waals surface area (Å²) in [4.78, 5) is 38.6. The van der Waals surface area contributed by atoms with E-state index in [1.165, 1.54) is 4.90 Å². The van der Waals surface area contributed by atoms with Gasteiger partial charge in [0.2, 0.25) is 11.8 Å². The molecule has 5 nitrogen and oxygen atoms in total. The number of anilines is 1. The first-order chi connectivity index (χ1) is 11.5. The van der Waals surface area contributed by atoms with Gasteiger partial charge < -0.3 is 4.74 Å². The highest BCUT2D eigenvalue weighted by Crippen LogP contribution is 2.53. The second-order valence-electron chi connectivity index (χ2n) is 7.01. The number of imide groups is 1. The minimum Gasteiger partial charge on any atom is -0.459 e. The van der Waals surface area contributed by atoms with Crippen LogP contribution in [0.3, 0.4) is 0 Å². The number of amides is 2. The molecule has 2 bridgehead atoms. The molecule has 0 aromatic heterocycles. The minimum absolute atomic E-state index is 0.112. The second-order valence-corrected chi connectivity index (χ2v) is 7.01. The van der Waals surface area contributed by atoms with Gasteiger partial charge in [0.1, 0.15) is 0 Å². The highest BCUT2D eigenvalue weighted by atomic mass is 16.5. The zero-order chi connectivity index (χ0) is 17.0. The summed E-state index contributed by atoms with van der Waals surface area (Å²) in [5, 5.41) is 0. The Balaban J connectivity index is 1.58. The zero-order valence-electron chi connectivity index (χ0n) is 13.6. The molecule has 0 radical (unpaired) electrons. The fraction of sp³-hybridized carbons (Fsp3) is 0.421. The van der Waals surface area contributed by atoms with E-state index >= 15 is 0 Å². The Labute approximate surface area is 140 Å². The van der Waals surface area contributed by atoms with E-state index in [1.54, 1.807) is 38.1 Å². The third-order valence-electron chi connectivity index (χ3n) is 5.17. The molecule has 0 unspecified atom stereocenters. The molecule has 1 heterocycles. The number of esters is 1. The summed E-state index contributed by atoms with van der Waals surface area (Å²) in [5.41, 5.74) is 0.938. The van der Waals surface area contributed by atoms with Crippen LogP contribution in [0, 0.1) is 23.7 Å². The Kier molecular flexibility index (Phi) is 3.34. The van der Waals surface area contributed by atoms with Gasteiger partial charge in [-0.3, -0.25) is 14.5 Å². The van der Waals surface area contributed by atoms with Crippen LogP contribution in [0.25, 0.3) is 0 Å². The van der Waals surface area contributed by atoms with E-state index in [9.17, 15) is 14.4 Å². The maximum Gasteiger partial charge on any atom is 0.338 e. The van der Waals surface area contributed by atoms with E-state index < -0.39 is 5.97 Å². The van der Waals surface area contributed by atoms with Crippen molar-refractivity contribution in [2.75, 3.05) is 4.90 Å². The fourth-order valence-electron chi connectivity index (χ4n) is 4.19. The lowest BCUT2D eigenvalue weighted by Crippen LogP contribution is -2.32. The molecular formula is C19H19NO4. The van der Waals surface area contributed by atoms with Crippen molar-refractivity contribution in [2.24, 2.45) is 23.7 Å². The molecular weight excluding hydrogens is 306 g/mol. The van der Waals surface area contributed by atoms with Gasteiger partial charge in [-0.05, 0) is 56.4 Å². The fourth-order valence-corrected chi connectivity index (χ4v) is 4.19. The lowest BCUT2D eigenvalue weighted by molar-refractivity contribution is -0.123. The lowest BCUT2D eigenvalue weighted by Gasteiger charge is -2.17. The van der Waals surface area contributed by atoms with Gasteiger partial charge in [0.15, 0.2) is 0 Å². The van der Waals surface area contributed by atoms with Crippen molar-refractivity contribution in [1.29, 1.82) is 0 Å². The summed E-state index contributed by atoms with van der Waals surface area (Å²) in [5.74, 6) is -0.659. The van der Waals surface area contributed by atoms with E-state index in [0.29, 0.717) is 11.3 Å². The highest BCUT2D eigenvalue weighted by molar-refractivity contribution is 6.22. The van der Waals surface area contributed by atoms with Gasteiger partial charge in [0.05, 0.1) is 29.2 Å². The quantitative estimate of drug-likeness (QED) is 0.487. The minimum atomic E-state index is -0.408. The van der Waals surface area contributed by atoms with Gasteiger partial charge in [0, 0.05) is 0 Å². The monoisotopic (exact) mass is 325 g/mol. The first-order valence-electron chi connectivity index (χ1n) is 8.34. The number of hydrogen-bond acceptors (Lipinski definition) is 4. The number of rotatable bonds is 3. The molecule has 4 atom stereocenters. The standard InChI is InChI=1S/C19H19NO4/c1-10(2)24-19(23)11-5-7-14(8-6-11)20-17(21)15-12-3-4-13(9-12)16(15)18(20)22/h3-8,10,12-13,15-16H,9H2,1-2H3/t12-,13-,15+,16+/m0/s1. The van der Waals surface area contributed by atoms with Crippen molar-refractivity contribution in [1.82, 2.24) is 0 Å². The van der Waals surface area contributed by atoms with Gasteiger partial charge in [-0.25, -0.2) is 4.79 Å².